The van der Waals surface area contributed by atoms with E-state index in [4.69, 9.17) is 16.4 Å². The standard InChI is InChI=1S/C7H6N6O/c8-1-5-6(2-9)13(4-11-5)3-7(14)12-10/h4H,3,10H2,(H,12,14). The SMILES string of the molecule is N#Cc1ncn(CC(=O)NN)c1C#N. The number of nitriles is 2. The van der Waals surface area contributed by atoms with Crippen molar-refractivity contribution in [1.82, 2.24) is 15.0 Å². The van der Waals surface area contributed by atoms with E-state index >= 15 is 0 Å². The van der Waals surface area contributed by atoms with Crippen molar-refractivity contribution in [2.45, 2.75) is 6.54 Å². The molecule has 7 heteroatoms. The Balaban J connectivity index is 3.01. The average molecular weight is 190 g/mol. The second kappa shape index (κ2) is 4.03. The lowest BCUT2D eigenvalue weighted by Gasteiger charge is -2.00. The summed E-state index contributed by atoms with van der Waals surface area (Å²) in [5.74, 6) is 4.40. The van der Waals surface area contributed by atoms with Gasteiger partial charge in [0.15, 0.2) is 11.4 Å². The van der Waals surface area contributed by atoms with E-state index in [1.54, 1.807) is 12.1 Å². The summed E-state index contributed by atoms with van der Waals surface area (Å²) in [4.78, 5) is 14.5. The lowest BCUT2D eigenvalue weighted by atomic mass is 10.3. The molecule has 0 radical (unpaired) electrons. The van der Waals surface area contributed by atoms with Crippen molar-refractivity contribution in [3.63, 3.8) is 0 Å². The summed E-state index contributed by atoms with van der Waals surface area (Å²) in [5.41, 5.74) is 1.96. The third kappa shape index (κ3) is 1.68. The number of imidazole rings is 1. The molecule has 70 valence electrons. The Bertz CT molecular complexity index is 434. The van der Waals surface area contributed by atoms with Gasteiger partial charge in [0.05, 0.1) is 6.33 Å². The Labute approximate surface area is 79.3 Å². The third-order valence-corrected chi connectivity index (χ3v) is 1.52. The Morgan fingerprint density at radius 2 is 2.36 bits per heavy atom. The maximum Gasteiger partial charge on any atom is 0.253 e. The zero-order chi connectivity index (χ0) is 10.6. The molecule has 0 aliphatic heterocycles. The highest BCUT2D eigenvalue weighted by Gasteiger charge is 2.11. The number of nitrogens with one attached hydrogen (secondary N) is 1. The van der Waals surface area contributed by atoms with E-state index in [0.717, 1.165) is 0 Å². The van der Waals surface area contributed by atoms with Crippen LogP contribution in [0.1, 0.15) is 11.4 Å². The number of rotatable bonds is 2. The molecule has 1 aromatic rings. The molecular weight excluding hydrogens is 184 g/mol. The van der Waals surface area contributed by atoms with E-state index in [9.17, 15) is 4.79 Å². The van der Waals surface area contributed by atoms with Crippen LogP contribution in [0.4, 0.5) is 0 Å². The van der Waals surface area contributed by atoms with Gasteiger partial charge in [-0.2, -0.15) is 10.5 Å². The minimum Gasteiger partial charge on any atom is -0.312 e. The van der Waals surface area contributed by atoms with E-state index in [1.807, 2.05) is 5.43 Å². The summed E-state index contributed by atoms with van der Waals surface area (Å²) in [6.07, 6.45) is 1.24. The molecule has 0 spiro atoms. The van der Waals surface area contributed by atoms with E-state index in [-0.39, 0.29) is 17.9 Å². The van der Waals surface area contributed by atoms with Gasteiger partial charge >= 0.3 is 0 Å². The van der Waals surface area contributed by atoms with Crippen LogP contribution in [-0.4, -0.2) is 15.5 Å². The summed E-state index contributed by atoms with van der Waals surface area (Å²) in [7, 11) is 0. The molecule has 0 saturated heterocycles. The van der Waals surface area contributed by atoms with Gasteiger partial charge in [-0.1, -0.05) is 0 Å². The molecule has 1 rings (SSSR count). The second-order valence-electron chi connectivity index (χ2n) is 2.36. The number of carbonyl (C=O) groups is 1. The highest BCUT2D eigenvalue weighted by atomic mass is 16.2. The van der Waals surface area contributed by atoms with Crippen molar-refractivity contribution in [2.75, 3.05) is 0 Å². The molecule has 0 aliphatic carbocycles. The van der Waals surface area contributed by atoms with Gasteiger partial charge in [0.25, 0.3) is 5.91 Å². The Kier molecular flexibility index (Phi) is 2.79. The molecule has 1 heterocycles. The molecule has 0 saturated carbocycles. The van der Waals surface area contributed by atoms with Crippen LogP contribution in [0.2, 0.25) is 0 Å². The zero-order valence-electron chi connectivity index (χ0n) is 7.06. The van der Waals surface area contributed by atoms with Gasteiger partial charge in [0.1, 0.15) is 18.7 Å². The van der Waals surface area contributed by atoms with Crippen LogP contribution in [0.25, 0.3) is 0 Å². The first-order chi connectivity index (χ1) is 6.72. The maximum atomic E-state index is 10.9. The highest BCUT2D eigenvalue weighted by Crippen LogP contribution is 2.04. The molecule has 0 unspecified atom stereocenters. The van der Waals surface area contributed by atoms with Gasteiger partial charge in [-0.25, -0.2) is 10.8 Å². The molecule has 0 aliphatic rings. The van der Waals surface area contributed by atoms with Crippen LogP contribution in [0.15, 0.2) is 6.33 Å². The van der Waals surface area contributed by atoms with Crippen LogP contribution in [0.5, 0.6) is 0 Å². The monoisotopic (exact) mass is 190 g/mol. The molecule has 7 nitrogen and oxygen atoms in total. The molecule has 0 aromatic carbocycles. The highest BCUT2D eigenvalue weighted by molar-refractivity contribution is 5.75. The van der Waals surface area contributed by atoms with E-state index < -0.39 is 5.91 Å². The topological polar surface area (TPSA) is 121 Å². The van der Waals surface area contributed by atoms with Gasteiger partial charge in [0.2, 0.25) is 0 Å². The van der Waals surface area contributed by atoms with E-state index in [0.29, 0.717) is 0 Å². The van der Waals surface area contributed by atoms with Gasteiger partial charge in [-0.15, -0.1) is 0 Å². The molecule has 1 amide bonds. The number of hydrogen-bond acceptors (Lipinski definition) is 5. The zero-order valence-corrected chi connectivity index (χ0v) is 7.06. The van der Waals surface area contributed by atoms with Crippen molar-refractivity contribution in [3.8, 4) is 12.1 Å². The summed E-state index contributed by atoms with van der Waals surface area (Å²) in [6.45, 7) is -0.131. The maximum absolute atomic E-state index is 10.9. The van der Waals surface area contributed by atoms with Crippen molar-refractivity contribution in [2.24, 2.45) is 5.84 Å². The first-order valence-electron chi connectivity index (χ1n) is 3.57. The molecule has 3 N–H and O–H groups in total. The van der Waals surface area contributed by atoms with Gasteiger partial charge in [-0.3, -0.25) is 10.2 Å². The fraction of sp³-hybridized carbons (Fsp3) is 0.143. The molecule has 0 atom stereocenters. The summed E-state index contributed by atoms with van der Waals surface area (Å²) in [5, 5.41) is 17.2. The van der Waals surface area contributed by atoms with Gasteiger partial charge < -0.3 is 4.57 Å². The molecule has 1 aromatic heterocycles. The van der Waals surface area contributed by atoms with E-state index in [1.165, 1.54) is 10.9 Å². The molecular formula is C7H6N6O. The molecule has 14 heavy (non-hydrogen) atoms. The normalized spacial score (nSPS) is 8.79. The average Bonchev–Trinajstić information content (AvgIpc) is 2.59. The molecule has 0 bridgehead atoms. The predicted molar refractivity (Wildman–Crippen MR) is 44.0 cm³/mol. The number of aromatic nitrogens is 2. The number of hydrazine groups is 1. The van der Waals surface area contributed by atoms with E-state index in [2.05, 4.69) is 4.98 Å². The van der Waals surface area contributed by atoms with Crippen LogP contribution in [0, 0.1) is 22.7 Å². The largest absolute Gasteiger partial charge is 0.312 e. The smallest absolute Gasteiger partial charge is 0.253 e. The lowest BCUT2D eigenvalue weighted by molar-refractivity contribution is -0.121. The fourth-order valence-corrected chi connectivity index (χ4v) is 0.902. The summed E-state index contributed by atoms with van der Waals surface area (Å²) in [6, 6.07) is 3.52. The third-order valence-electron chi connectivity index (χ3n) is 1.52. The van der Waals surface area contributed by atoms with Crippen molar-refractivity contribution < 1.29 is 4.79 Å². The number of carbonyl (C=O) groups excluding carboxylic acids is 1. The number of amides is 1. The quantitative estimate of drug-likeness (QED) is 0.338. The van der Waals surface area contributed by atoms with Crippen LogP contribution in [-0.2, 0) is 11.3 Å². The van der Waals surface area contributed by atoms with Crippen LogP contribution in [0.3, 0.4) is 0 Å². The molecule has 0 fully saturated rings. The van der Waals surface area contributed by atoms with Crippen molar-refractivity contribution in [3.05, 3.63) is 17.7 Å². The summed E-state index contributed by atoms with van der Waals surface area (Å²) < 4.78 is 1.25. The first-order valence-corrected chi connectivity index (χ1v) is 3.57. The van der Waals surface area contributed by atoms with Crippen LogP contribution >= 0.6 is 0 Å². The number of hydrogen-bond donors (Lipinski definition) is 2. The van der Waals surface area contributed by atoms with Gasteiger partial charge in [-0.05, 0) is 0 Å². The van der Waals surface area contributed by atoms with Crippen LogP contribution < -0.4 is 11.3 Å². The summed E-state index contributed by atoms with van der Waals surface area (Å²) >= 11 is 0. The second-order valence-corrected chi connectivity index (χ2v) is 2.36. The lowest BCUT2D eigenvalue weighted by Crippen LogP contribution is -2.33. The van der Waals surface area contributed by atoms with Crippen molar-refractivity contribution >= 4 is 5.91 Å². The van der Waals surface area contributed by atoms with Crippen molar-refractivity contribution in [1.29, 1.82) is 10.5 Å². The Hall–Kier alpha value is -2.38. The van der Waals surface area contributed by atoms with Gasteiger partial charge in [0, 0.05) is 0 Å². The fourth-order valence-electron chi connectivity index (χ4n) is 0.902. The minimum absolute atomic E-state index is 0.00248. The Morgan fingerprint density at radius 3 is 2.86 bits per heavy atom. The first kappa shape index (κ1) is 9.71. The predicted octanol–water partition coefficient (Wildman–Crippen LogP) is -1.38. The number of nitrogens with two attached hydrogens (primary N) is 1. The Morgan fingerprint density at radius 1 is 1.64 bits per heavy atom. The number of nitrogens with zero attached hydrogens (tertiary/aromatic N) is 4. The minimum atomic E-state index is -0.469.